The molecule has 1 aliphatic heterocycles. The van der Waals surface area contributed by atoms with Crippen molar-refractivity contribution in [2.24, 2.45) is 5.92 Å². The second-order valence-electron chi connectivity index (χ2n) is 7.81. The Labute approximate surface area is 181 Å². The van der Waals surface area contributed by atoms with Crippen molar-refractivity contribution in [1.29, 1.82) is 0 Å². The summed E-state index contributed by atoms with van der Waals surface area (Å²) in [6, 6.07) is 18.8. The number of hydrogen-bond acceptors (Lipinski definition) is 5. The average molecular weight is 417 g/mol. The molecule has 0 radical (unpaired) electrons. The summed E-state index contributed by atoms with van der Waals surface area (Å²) >= 11 is 0. The van der Waals surface area contributed by atoms with E-state index in [1.54, 1.807) is 11.8 Å². The smallest absolute Gasteiger partial charge is 0.225 e. The number of pyridine rings is 1. The molecule has 0 aliphatic carbocycles. The van der Waals surface area contributed by atoms with Crippen molar-refractivity contribution >= 4 is 22.8 Å². The van der Waals surface area contributed by atoms with Crippen LogP contribution in [-0.2, 0) is 27.5 Å². The predicted octanol–water partition coefficient (Wildman–Crippen LogP) is 3.00. The maximum Gasteiger partial charge on any atom is 0.225 e. The molecule has 2 aromatic carbocycles. The molecule has 0 fully saturated rings. The number of aliphatic carboxylic acids is 1. The first kappa shape index (κ1) is 21.0. The van der Waals surface area contributed by atoms with Gasteiger partial charge in [-0.2, -0.15) is 0 Å². The highest BCUT2D eigenvalue weighted by atomic mass is 16.5. The van der Waals surface area contributed by atoms with Gasteiger partial charge in [0, 0.05) is 23.8 Å². The molecule has 0 spiro atoms. The minimum Gasteiger partial charge on any atom is -0.550 e. The van der Waals surface area contributed by atoms with E-state index in [2.05, 4.69) is 0 Å². The van der Waals surface area contributed by atoms with E-state index in [-0.39, 0.29) is 18.9 Å². The lowest BCUT2D eigenvalue weighted by Gasteiger charge is -2.32. The first-order valence-corrected chi connectivity index (χ1v) is 10.6. The predicted molar refractivity (Wildman–Crippen MR) is 115 cm³/mol. The lowest BCUT2D eigenvalue weighted by Crippen LogP contribution is -2.42. The number of benzene rings is 2. The monoisotopic (exact) mass is 417 g/mol. The Kier molecular flexibility index (Phi) is 6.28. The zero-order valence-electron chi connectivity index (χ0n) is 17.5. The first-order chi connectivity index (χ1) is 15.1. The van der Waals surface area contributed by atoms with Gasteiger partial charge in [0.05, 0.1) is 36.9 Å². The molecular formula is C25H25N2O4-. The molecule has 0 saturated carbocycles. The number of carboxylic acids is 1. The Morgan fingerprint density at radius 2 is 1.90 bits per heavy atom. The molecule has 0 N–H and O–H groups in total. The van der Waals surface area contributed by atoms with Crippen LogP contribution in [0.4, 0.5) is 0 Å². The van der Waals surface area contributed by atoms with Crippen LogP contribution in [0.3, 0.4) is 0 Å². The summed E-state index contributed by atoms with van der Waals surface area (Å²) in [5.41, 5.74) is 3.38. The fourth-order valence-electron chi connectivity index (χ4n) is 4.22. The topological polar surface area (TPSA) is 82.6 Å². The molecule has 1 amide bonds. The largest absolute Gasteiger partial charge is 0.550 e. The van der Waals surface area contributed by atoms with Gasteiger partial charge in [0.2, 0.25) is 5.91 Å². The summed E-state index contributed by atoms with van der Waals surface area (Å²) in [5.74, 6) is -2.11. The Bertz CT molecular complexity index is 1080. The number of aromatic nitrogens is 1. The molecule has 6 heteroatoms. The van der Waals surface area contributed by atoms with Gasteiger partial charge in [-0.1, -0.05) is 55.5 Å². The van der Waals surface area contributed by atoms with E-state index < -0.39 is 17.9 Å². The Balaban J connectivity index is 1.52. The summed E-state index contributed by atoms with van der Waals surface area (Å²) in [7, 11) is 0. The van der Waals surface area contributed by atoms with Gasteiger partial charge in [-0.25, -0.2) is 0 Å². The lowest BCUT2D eigenvalue weighted by molar-refractivity contribution is -0.313. The van der Waals surface area contributed by atoms with Gasteiger partial charge in [0.1, 0.15) is 0 Å². The maximum absolute atomic E-state index is 13.1. The van der Waals surface area contributed by atoms with Gasteiger partial charge >= 0.3 is 0 Å². The van der Waals surface area contributed by atoms with Crippen LogP contribution in [0, 0.1) is 5.92 Å². The zero-order chi connectivity index (χ0) is 21.8. The highest BCUT2D eigenvalue weighted by Crippen LogP contribution is 2.40. The van der Waals surface area contributed by atoms with Gasteiger partial charge in [-0.3, -0.25) is 9.78 Å². The minimum absolute atomic E-state index is 0.139. The molecule has 6 nitrogen and oxygen atoms in total. The first-order valence-electron chi connectivity index (χ1n) is 10.6. The molecule has 0 bridgehead atoms. The summed E-state index contributed by atoms with van der Waals surface area (Å²) < 4.78 is 5.67. The van der Waals surface area contributed by atoms with Crippen LogP contribution in [0.25, 0.3) is 10.9 Å². The number of carboxylic acid groups (broad SMARTS) is 1. The maximum atomic E-state index is 13.1. The number of carbonyl (C=O) groups excluding carboxylic acids is 2. The van der Waals surface area contributed by atoms with Crippen molar-refractivity contribution in [1.82, 2.24) is 9.88 Å². The summed E-state index contributed by atoms with van der Waals surface area (Å²) in [4.78, 5) is 31.3. The van der Waals surface area contributed by atoms with Crippen molar-refractivity contribution in [2.45, 2.75) is 39.0 Å². The molecule has 3 aromatic rings. The molecule has 0 saturated heterocycles. The van der Waals surface area contributed by atoms with E-state index in [0.29, 0.717) is 25.3 Å². The summed E-state index contributed by atoms with van der Waals surface area (Å²) in [5, 5.41) is 12.8. The standard InChI is InChI=1S/C25H26N2O4/c1-2-20(25(29)30)24-23-19(14-18-10-6-7-11-21(18)26-23)15-27(24)22(28)12-13-31-16-17-8-4-3-5-9-17/h3-11,14,20,24H,2,12-13,15-16H2,1H3,(H,29,30)/p-1. The molecule has 2 atom stereocenters. The van der Waals surface area contributed by atoms with Gasteiger partial charge < -0.3 is 19.5 Å². The van der Waals surface area contributed by atoms with Gasteiger partial charge in [0.15, 0.2) is 0 Å². The average Bonchev–Trinajstić information content (AvgIpc) is 3.14. The van der Waals surface area contributed by atoms with Gasteiger partial charge in [0.25, 0.3) is 0 Å². The highest BCUT2D eigenvalue weighted by Gasteiger charge is 2.39. The van der Waals surface area contributed by atoms with E-state index in [1.165, 1.54) is 0 Å². The van der Waals surface area contributed by atoms with Crippen LogP contribution in [-0.4, -0.2) is 28.4 Å². The molecule has 1 aliphatic rings. The van der Waals surface area contributed by atoms with Crippen LogP contribution in [0.15, 0.2) is 60.7 Å². The fourth-order valence-corrected chi connectivity index (χ4v) is 4.22. The molecule has 2 heterocycles. The molecule has 1 aromatic heterocycles. The summed E-state index contributed by atoms with van der Waals surface area (Å²) in [6.45, 7) is 2.84. The number of amides is 1. The van der Waals surface area contributed by atoms with E-state index in [1.807, 2.05) is 60.7 Å². The quantitative estimate of drug-likeness (QED) is 0.526. The van der Waals surface area contributed by atoms with E-state index in [0.717, 1.165) is 22.0 Å². The second kappa shape index (κ2) is 9.27. The van der Waals surface area contributed by atoms with E-state index >= 15 is 0 Å². The number of fused-ring (bicyclic) bond motifs is 2. The number of nitrogens with zero attached hydrogens (tertiary/aromatic N) is 2. The minimum atomic E-state index is -1.16. The lowest BCUT2D eigenvalue weighted by atomic mass is 9.93. The number of ether oxygens (including phenoxy) is 1. The molecule has 160 valence electrons. The van der Waals surface area contributed by atoms with Crippen LogP contribution in [0.1, 0.15) is 42.6 Å². The van der Waals surface area contributed by atoms with E-state index in [9.17, 15) is 14.7 Å². The summed E-state index contributed by atoms with van der Waals surface area (Å²) in [6.07, 6.45) is 0.537. The molecule has 2 unspecified atom stereocenters. The molecule has 4 rings (SSSR count). The van der Waals surface area contributed by atoms with Gasteiger partial charge in [-0.15, -0.1) is 0 Å². The number of para-hydroxylation sites is 1. The van der Waals surface area contributed by atoms with Crippen molar-refractivity contribution in [3.05, 3.63) is 77.5 Å². The van der Waals surface area contributed by atoms with E-state index in [4.69, 9.17) is 9.72 Å². The SMILES string of the molecule is CCC(C(=O)[O-])C1c2nc3ccccc3cc2CN1C(=O)CCOCc1ccccc1. The Hall–Kier alpha value is -3.25. The number of rotatable bonds is 8. The normalized spacial score (nSPS) is 16.3. The third kappa shape index (κ3) is 4.44. The van der Waals surface area contributed by atoms with Gasteiger partial charge in [-0.05, 0) is 29.7 Å². The van der Waals surface area contributed by atoms with Crippen LogP contribution >= 0.6 is 0 Å². The molecule has 31 heavy (non-hydrogen) atoms. The zero-order valence-corrected chi connectivity index (χ0v) is 17.5. The second-order valence-corrected chi connectivity index (χ2v) is 7.81. The highest BCUT2D eigenvalue weighted by molar-refractivity contribution is 5.83. The van der Waals surface area contributed by atoms with Crippen molar-refractivity contribution < 1.29 is 19.4 Å². The van der Waals surface area contributed by atoms with Crippen molar-refractivity contribution in [3.8, 4) is 0 Å². The van der Waals surface area contributed by atoms with Crippen LogP contribution in [0.5, 0.6) is 0 Å². The number of hydrogen-bond donors (Lipinski definition) is 0. The number of carbonyl (C=O) groups is 2. The Morgan fingerprint density at radius 3 is 2.65 bits per heavy atom. The van der Waals surface area contributed by atoms with Crippen molar-refractivity contribution in [3.63, 3.8) is 0 Å². The van der Waals surface area contributed by atoms with Crippen LogP contribution < -0.4 is 5.11 Å². The molecular weight excluding hydrogens is 392 g/mol. The fraction of sp³-hybridized carbons (Fsp3) is 0.320. The third-order valence-electron chi connectivity index (χ3n) is 5.81. The van der Waals surface area contributed by atoms with Crippen LogP contribution in [0.2, 0.25) is 0 Å². The third-order valence-corrected chi connectivity index (χ3v) is 5.81. The Morgan fingerprint density at radius 1 is 1.16 bits per heavy atom. The van der Waals surface area contributed by atoms with Crippen molar-refractivity contribution in [2.75, 3.05) is 6.61 Å².